The smallest absolute Gasteiger partial charge is 0.309 e. The summed E-state index contributed by atoms with van der Waals surface area (Å²) in [5.74, 6) is 2.08. The van der Waals surface area contributed by atoms with Crippen molar-refractivity contribution in [3.8, 4) is 0 Å². The van der Waals surface area contributed by atoms with Gasteiger partial charge in [0.25, 0.3) is 0 Å². The van der Waals surface area contributed by atoms with Gasteiger partial charge >= 0.3 is 7.41 Å². The SMILES string of the molecule is NC1=C[B]N=C1N. The molecule has 0 atom stereocenters. The fourth-order valence-corrected chi connectivity index (χ4v) is 0.358. The molecule has 7 heavy (non-hydrogen) atoms. The fourth-order valence-electron chi connectivity index (χ4n) is 0.358. The van der Waals surface area contributed by atoms with Crippen LogP contribution < -0.4 is 11.5 Å². The van der Waals surface area contributed by atoms with Gasteiger partial charge in [0.05, 0.1) is 5.70 Å². The van der Waals surface area contributed by atoms with E-state index >= 15 is 0 Å². The Morgan fingerprint density at radius 1 is 1.57 bits per heavy atom. The normalized spacial score (nSPS) is 17.7. The summed E-state index contributed by atoms with van der Waals surface area (Å²) in [6, 6.07) is 0. The van der Waals surface area contributed by atoms with E-state index in [0.29, 0.717) is 11.5 Å². The van der Waals surface area contributed by atoms with Gasteiger partial charge in [0.15, 0.2) is 0 Å². The zero-order chi connectivity index (χ0) is 5.28. The molecule has 0 aliphatic carbocycles. The molecular weight excluding hydrogens is 88.9 g/mol. The molecule has 0 saturated heterocycles. The zero-order valence-corrected chi connectivity index (χ0v) is 3.76. The Hall–Kier alpha value is -0.925. The number of hydrogen-bond acceptors (Lipinski definition) is 3. The first-order valence-electron chi connectivity index (χ1n) is 1.93. The molecule has 0 fully saturated rings. The second-order valence-electron chi connectivity index (χ2n) is 1.29. The Labute approximate surface area is 42.4 Å². The third-order valence-corrected chi connectivity index (χ3v) is 0.763. The van der Waals surface area contributed by atoms with Crippen LogP contribution in [0.5, 0.6) is 0 Å². The molecule has 4 heteroatoms. The highest BCUT2D eigenvalue weighted by molar-refractivity contribution is 6.47. The van der Waals surface area contributed by atoms with Crippen LogP contribution in [0.3, 0.4) is 0 Å². The van der Waals surface area contributed by atoms with Gasteiger partial charge in [-0.05, 0) is 0 Å². The van der Waals surface area contributed by atoms with E-state index in [4.69, 9.17) is 11.5 Å². The Balaban J connectivity index is 2.78. The Kier molecular flexibility index (Phi) is 0.783. The molecule has 0 aromatic heterocycles. The molecular formula is C3H5BN3. The van der Waals surface area contributed by atoms with Gasteiger partial charge in [0.2, 0.25) is 0 Å². The summed E-state index contributed by atoms with van der Waals surface area (Å²) in [5, 5.41) is 0. The van der Waals surface area contributed by atoms with Gasteiger partial charge in [-0.15, -0.1) is 0 Å². The van der Waals surface area contributed by atoms with Crippen LogP contribution in [0, 0.1) is 0 Å². The van der Waals surface area contributed by atoms with Crippen LogP contribution in [0.2, 0.25) is 0 Å². The van der Waals surface area contributed by atoms with Crippen LogP contribution >= 0.6 is 0 Å². The van der Waals surface area contributed by atoms with Crippen molar-refractivity contribution in [3.63, 3.8) is 0 Å². The molecule has 0 unspecified atom stereocenters. The molecule has 1 radical (unpaired) electrons. The standard InChI is InChI=1S/C3H5BN3/c5-2-1-4-7-3(2)6/h1H,5H2,(H2,6,7). The van der Waals surface area contributed by atoms with Crippen LogP contribution in [0.25, 0.3) is 0 Å². The molecule has 3 nitrogen and oxygen atoms in total. The summed E-state index contributed by atoms with van der Waals surface area (Å²) in [7, 11) is 1.57. The predicted molar refractivity (Wildman–Crippen MR) is 29.6 cm³/mol. The second-order valence-corrected chi connectivity index (χ2v) is 1.29. The third kappa shape index (κ3) is 0.583. The van der Waals surface area contributed by atoms with Gasteiger partial charge in [0.1, 0.15) is 5.84 Å². The summed E-state index contributed by atoms with van der Waals surface area (Å²) in [4.78, 5) is 3.67. The molecule has 0 amide bonds. The molecule has 35 valence electrons. The van der Waals surface area contributed by atoms with E-state index in [-0.39, 0.29) is 0 Å². The molecule has 0 aromatic carbocycles. The maximum absolute atomic E-state index is 5.25. The monoisotopic (exact) mass is 94.1 g/mol. The highest BCUT2D eigenvalue weighted by Gasteiger charge is 2.01. The van der Waals surface area contributed by atoms with E-state index in [1.54, 1.807) is 13.4 Å². The van der Waals surface area contributed by atoms with E-state index < -0.39 is 0 Å². The van der Waals surface area contributed by atoms with Crippen molar-refractivity contribution >= 4 is 13.3 Å². The van der Waals surface area contributed by atoms with Crippen molar-refractivity contribution in [1.82, 2.24) is 0 Å². The minimum atomic E-state index is 0.417. The minimum Gasteiger partial charge on any atom is -0.397 e. The van der Waals surface area contributed by atoms with Crippen LogP contribution in [-0.2, 0) is 0 Å². The van der Waals surface area contributed by atoms with E-state index in [0.717, 1.165) is 0 Å². The van der Waals surface area contributed by atoms with Crippen molar-refractivity contribution < 1.29 is 0 Å². The topological polar surface area (TPSA) is 64.4 Å². The number of amidine groups is 1. The number of hydrogen-bond donors (Lipinski definition) is 2. The summed E-state index contributed by atoms with van der Waals surface area (Å²) >= 11 is 0. The average Bonchev–Trinajstić information content (AvgIpc) is 1.91. The van der Waals surface area contributed by atoms with Crippen molar-refractivity contribution in [1.29, 1.82) is 0 Å². The summed E-state index contributed by atoms with van der Waals surface area (Å²) < 4.78 is 0. The third-order valence-electron chi connectivity index (χ3n) is 0.763. The lowest BCUT2D eigenvalue weighted by Crippen LogP contribution is -2.17. The van der Waals surface area contributed by atoms with Gasteiger partial charge < -0.3 is 16.4 Å². The zero-order valence-electron chi connectivity index (χ0n) is 3.76. The maximum Gasteiger partial charge on any atom is 0.309 e. The quantitative estimate of drug-likeness (QED) is 0.369. The summed E-state index contributed by atoms with van der Waals surface area (Å²) in [6.45, 7) is 0. The number of nitrogens with zero attached hydrogens (tertiary/aromatic N) is 1. The lowest BCUT2D eigenvalue weighted by atomic mass is 9.99. The van der Waals surface area contributed by atoms with Crippen LogP contribution in [0.15, 0.2) is 16.6 Å². The van der Waals surface area contributed by atoms with Gasteiger partial charge in [-0.25, -0.2) is 0 Å². The first-order valence-corrected chi connectivity index (χ1v) is 1.93. The van der Waals surface area contributed by atoms with E-state index in [2.05, 4.69) is 4.90 Å². The highest BCUT2D eigenvalue weighted by atomic mass is 14.9. The van der Waals surface area contributed by atoms with E-state index in [9.17, 15) is 0 Å². The molecule has 0 bridgehead atoms. The number of nitrogens with two attached hydrogens (primary N) is 2. The lowest BCUT2D eigenvalue weighted by Gasteiger charge is -1.88. The molecule has 1 aliphatic rings. The van der Waals surface area contributed by atoms with Gasteiger partial charge in [-0.3, -0.25) is 0 Å². The predicted octanol–water partition coefficient (Wildman–Crippen LogP) is -1.22. The summed E-state index contributed by atoms with van der Waals surface area (Å²) in [5.41, 5.74) is 11.0. The first kappa shape index (κ1) is 4.24. The average molecular weight is 93.9 g/mol. The second kappa shape index (κ2) is 1.29. The van der Waals surface area contributed by atoms with E-state index in [1.165, 1.54) is 0 Å². The Morgan fingerprint density at radius 2 is 2.29 bits per heavy atom. The molecule has 0 aromatic rings. The van der Waals surface area contributed by atoms with E-state index in [1.807, 2.05) is 0 Å². The first-order chi connectivity index (χ1) is 3.30. The molecule has 0 spiro atoms. The van der Waals surface area contributed by atoms with Gasteiger partial charge in [-0.1, -0.05) is 5.98 Å². The molecule has 1 heterocycles. The van der Waals surface area contributed by atoms with Crippen molar-refractivity contribution in [2.24, 2.45) is 16.4 Å². The molecule has 1 rings (SSSR count). The van der Waals surface area contributed by atoms with Crippen molar-refractivity contribution in [3.05, 3.63) is 11.7 Å². The molecule has 1 aliphatic heterocycles. The Bertz CT molecular complexity index is 121. The van der Waals surface area contributed by atoms with Crippen LogP contribution in [0.4, 0.5) is 0 Å². The van der Waals surface area contributed by atoms with Crippen molar-refractivity contribution in [2.75, 3.05) is 0 Å². The molecule has 4 N–H and O–H groups in total. The van der Waals surface area contributed by atoms with Crippen LogP contribution in [0.1, 0.15) is 0 Å². The van der Waals surface area contributed by atoms with Crippen LogP contribution in [-0.4, -0.2) is 13.3 Å². The van der Waals surface area contributed by atoms with Crippen molar-refractivity contribution in [2.45, 2.75) is 0 Å². The Morgan fingerprint density at radius 3 is 2.43 bits per heavy atom. The lowest BCUT2D eigenvalue weighted by molar-refractivity contribution is 1.46. The fraction of sp³-hybridized carbons (Fsp3) is 0. The minimum absolute atomic E-state index is 0.417. The molecule has 0 saturated carbocycles. The summed E-state index contributed by atoms with van der Waals surface area (Å²) in [6.07, 6.45) is 0. The number of rotatable bonds is 0. The maximum atomic E-state index is 5.25. The highest BCUT2D eigenvalue weighted by Crippen LogP contribution is 1.90. The van der Waals surface area contributed by atoms with Gasteiger partial charge in [0, 0.05) is 0 Å². The largest absolute Gasteiger partial charge is 0.397 e. The van der Waals surface area contributed by atoms with Gasteiger partial charge in [-0.2, -0.15) is 0 Å².